The minimum absolute atomic E-state index is 0.487. The number of sulfone groups is 1. The lowest BCUT2D eigenvalue weighted by atomic mass is 9.90. The van der Waals surface area contributed by atoms with E-state index in [9.17, 15) is 8.42 Å². The molecule has 0 bridgehead atoms. The molecule has 0 spiro atoms. The van der Waals surface area contributed by atoms with Crippen LogP contribution in [0.5, 0.6) is 0 Å². The predicted molar refractivity (Wildman–Crippen MR) is 78.3 cm³/mol. The zero-order chi connectivity index (χ0) is 29.0. The first-order valence-electron chi connectivity index (χ1n) is 13.6. The lowest BCUT2D eigenvalue weighted by molar-refractivity contribution is 0.208. The molecule has 0 radical (unpaired) electrons. The van der Waals surface area contributed by atoms with E-state index in [1.807, 2.05) is 0 Å². The number of piperidine rings is 1. The first kappa shape index (κ1) is 4.08. The van der Waals surface area contributed by atoms with Gasteiger partial charge in [-0.15, -0.1) is 0 Å². The van der Waals surface area contributed by atoms with Gasteiger partial charge in [-0.1, -0.05) is 19.0 Å². The van der Waals surface area contributed by atoms with Gasteiger partial charge < -0.3 is 4.90 Å². The van der Waals surface area contributed by atoms with E-state index < -0.39 is 93.9 Å². The largest absolute Gasteiger partial charge is 0.303 e. The standard InChI is InChI=1S/C15H23NO2S/c1-3-9-16-10-5-7-14(12-16)13-6-4-8-15(11-13)19(2,17)18/h4,6,8,11,14H,3,5,7,9-10,12H2,1-2H3/t14-/m0/s1/i3D2,4D,5D2,6D,7D2,8D,9D2,10D2,11D,12D2,14D. The molecule has 1 fully saturated rings. The van der Waals surface area contributed by atoms with Crippen LogP contribution in [0.1, 0.15) is 60.8 Å². The highest BCUT2D eigenvalue weighted by atomic mass is 32.2. The Bertz CT molecular complexity index is 1210. The average Bonchev–Trinajstić information content (AvgIpc) is 2.62. The van der Waals surface area contributed by atoms with Crippen LogP contribution in [0, 0.1) is 0 Å². The third-order valence-corrected chi connectivity index (χ3v) is 2.97. The lowest BCUT2D eigenvalue weighted by Gasteiger charge is -2.32. The Balaban J connectivity index is 3.30. The summed E-state index contributed by atoms with van der Waals surface area (Å²) < 4.78 is 164. The van der Waals surface area contributed by atoms with Gasteiger partial charge in [0.15, 0.2) is 9.84 Å². The van der Waals surface area contributed by atoms with Crippen LogP contribution < -0.4 is 0 Å². The van der Waals surface area contributed by atoms with Crippen LogP contribution in [-0.4, -0.2) is 39.1 Å². The van der Waals surface area contributed by atoms with Crippen molar-refractivity contribution in [1.29, 1.82) is 0 Å². The number of rotatable bonds is 4. The topological polar surface area (TPSA) is 37.4 Å². The minimum Gasteiger partial charge on any atom is -0.303 e. The summed E-state index contributed by atoms with van der Waals surface area (Å²) in [6.07, 6.45) is -10.8. The SMILES string of the molecule is [2H]c1c([2H])c([C@]2([2H])C([2H])([2H])N(C([2H])([2H])C([2H])([2H])C)C([2H])([2H])C([2H])([2H])C2([2H])[2H])c([2H])c(S(C)(=O)=O)c1[2H]. The summed E-state index contributed by atoms with van der Waals surface area (Å²) in [5, 5.41) is 0. The minimum atomic E-state index is -4.60. The summed E-state index contributed by atoms with van der Waals surface area (Å²) in [5.41, 5.74) is -1.55. The van der Waals surface area contributed by atoms with Crippen molar-refractivity contribution in [1.82, 2.24) is 4.90 Å². The molecule has 0 N–H and O–H groups in total. The van der Waals surface area contributed by atoms with Gasteiger partial charge in [0.2, 0.25) is 0 Å². The Kier molecular flexibility index (Phi) is 1.30. The molecule has 1 saturated heterocycles. The Morgan fingerprint density at radius 1 is 1.63 bits per heavy atom. The van der Waals surface area contributed by atoms with Crippen molar-refractivity contribution >= 4 is 9.84 Å². The third kappa shape index (κ3) is 3.80. The van der Waals surface area contributed by atoms with E-state index in [1.165, 1.54) is 0 Å². The fraction of sp³-hybridized carbons (Fsp3) is 0.600. The predicted octanol–water partition coefficient (Wildman–Crippen LogP) is 2.68. The van der Waals surface area contributed by atoms with E-state index in [4.69, 9.17) is 23.3 Å². The van der Waals surface area contributed by atoms with E-state index in [2.05, 4.69) is 0 Å². The van der Waals surface area contributed by atoms with Crippen molar-refractivity contribution in [3.05, 3.63) is 29.7 Å². The Morgan fingerprint density at radius 3 is 3.11 bits per heavy atom. The molecule has 19 heavy (non-hydrogen) atoms. The second-order valence-corrected chi connectivity index (χ2v) is 5.47. The van der Waals surface area contributed by atoms with Gasteiger partial charge in [0.05, 0.1) is 10.4 Å². The summed E-state index contributed by atoms with van der Waals surface area (Å²) in [4.78, 5) is -1.95. The number of hydrogen-bond donors (Lipinski definition) is 0. The zero-order valence-electron chi connectivity index (χ0n) is 27.2. The zero-order valence-corrected chi connectivity index (χ0v) is 11.0. The molecule has 1 aromatic rings. The van der Waals surface area contributed by atoms with E-state index >= 15 is 0 Å². The number of benzene rings is 1. The Hall–Kier alpha value is -0.870. The lowest BCUT2D eigenvalue weighted by Crippen LogP contribution is -2.34. The van der Waals surface area contributed by atoms with E-state index in [0.29, 0.717) is 13.2 Å². The molecule has 1 heterocycles. The Labute approximate surface area is 140 Å². The Morgan fingerprint density at radius 2 is 2.42 bits per heavy atom. The van der Waals surface area contributed by atoms with Crippen molar-refractivity contribution in [2.24, 2.45) is 0 Å². The molecular weight excluding hydrogens is 258 g/mol. The summed E-state index contributed by atoms with van der Waals surface area (Å²) in [6.45, 7) is -11.4. The molecule has 4 heteroatoms. The van der Waals surface area contributed by atoms with Crippen LogP contribution in [0.25, 0.3) is 0 Å². The maximum atomic E-state index is 12.3. The molecule has 0 aliphatic carbocycles. The smallest absolute Gasteiger partial charge is 0.175 e. The maximum Gasteiger partial charge on any atom is 0.175 e. The van der Waals surface area contributed by atoms with E-state index in [0.717, 1.165) is 0 Å². The van der Waals surface area contributed by atoms with Crippen LogP contribution in [0.4, 0.5) is 0 Å². The number of hydrogen-bond acceptors (Lipinski definition) is 3. The second-order valence-electron chi connectivity index (χ2n) is 3.52. The monoisotopic (exact) mass is 298 g/mol. The third-order valence-electron chi connectivity index (χ3n) is 2.03. The van der Waals surface area contributed by atoms with Gasteiger partial charge in [0.25, 0.3) is 0 Å². The first-order valence-corrected chi connectivity index (χ1v) is 7.01. The second kappa shape index (κ2) is 6.06. The van der Waals surface area contributed by atoms with Gasteiger partial charge in [-0.2, -0.15) is 0 Å². The molecule has 0 unspecified atom stereocenters. The summed E-state index contributed by atoms with van der Waals surface area (Å²) in [7, 11) is -4.60. The maximum absolute atomic E-state index is 12.3. The van der Waals surface area contributed by atoms with Crippen molar-refractivity contribution in [3.63, 3.8) is 0 Å². The summed E-state index contributed by atoms with van der Waals surface area (Å²) >= 11 is 0. The molecule has 0 saturated carbocycles. The summed E-state index contributed by atoms with van der Waals surface area (Å²) in [5.74, 6) is -4.05. The first-order chi connectivity index (χ1) is 15.5. The van der Waals surface area contributed by atoms with Gasteiger partial charge in [0, 0.05) is 30.6 Å². The molecule has 1 aliphatic heterocycles. The van der Waals surface area contributed by atoms with Crippen LogP contribution >= 0.6 is 0 Å². The van der Waals surface area contributed by atoms with E-state index in [-0.39, 0.29) is 0 Å². The van der Waals surface area contributed by atoms with Gasteiger partial charge in [0.1, 0.15) is 0 Å². The molecule has 0 aromatic heterocycles. The van der Waals surface area contributed by atoms with Crippen LogP contribution in [0.15, 0.2) is 29.1 Å². The van der Waals surface area contributed by atoms with Crippen molar-refractivity contribution in [2.45, 2.75) is 36.8 Å². The van der Waals surface area contributed by atoms with Gasteiger partial charge in [-0.05, 0) is 55.7 Å². The van der Waals surface area contributed by atoms with Crippen LogP contribution in [-0.2, 0) is 9.84 Å². The molecule has 0 amide bonds. The average molecular weight is 299 g/mol. The molecule has 1 atom stereocenters. The van der Waals surface area contributed by atoms with E-state index in [1.54, 1.807) is 0 Å². The fourth-order valence-corrected chi connectivity index (χ4v) is 1.76. The quantitative estimate of drug-likeness (QED) is 0.857. The molecule has 1 aliphatic rings. The van der Waals surface area contributed by atoms with Gasteiger partial charge in [-0.3, -0.25) is 0 Å². The molecule has 3 nitrogen and oxygen atoms in total. The highest BCUT2D eigenvalue weighted by molar-refractivity contribution is 7.90. The van der Waals surface area contributed by atoms with Crippen LogP contribution in [0.3, 0.4) is 0 Å². The van der Waals surface area contributed by atoms with Crippen LogP contribution in [0.2, 0.25) is 0 Å². The normalized spacial score (nSPS) is 50.5. The van der Waals surface area contributed by atoms with Crippen molar-refractivity contribution < 1.29 is 31.7 Å². The molecule has 1 aromatic carbocycles. The highest BCUT2D eigenvalue weighted by Gasteiger charge is 2.21. The van der Waals surface area contributed by atoms with Gasteiger partial charge in [-0.25, -0.2) is 8.42 Å². The highest BCUT2D eigenvalue weighted by Crippen LogP contribution is 2.28. The van der Waals surface area contributed by atoms with Crippen molar-refractivity contribution in [3.8, 4) is 0 Å². The van der Waals surface area contributed by atoms with Gasteiger partial charge >= 0.3 is 0 Å². The number of nitrogens with zero attached hydrogens (tertiary/aromatic N) is 1. The molecule has 106 valence electrons. The summed E-state index contributed by atoms with van der Waals surface area (Å²) in [6, 6.07) is -5.38. The van der Waals surface area contributed by atoms with Crippen molar-refractivity contribution in [2.75, 3.05) is 25.7 Å². The molecular formula is C15H23NO2S. The molecule has 2 rings (SSSR count). The number of likely N-dealkylation sites (tertiary alicyclic amines) is 1. The fourth-order valence-electron chi connectivity index (χ4n) is 1.24.